The van der Waals surface area contributed by atoms with Crippen LogP contribution >= 0.6 is 0 Å². The smallest absolute Gasteiger partial charge is 0.0580 e. The number of aliphatic hydroxyl groups excluding tert-OH is 1. The molecule has 1 saturated carbocycles. The van der Waals surface area contributed by atoms with Crippen LogP contribution in [0, 0.1) is 11.8 Å². The van der Waals surface area contributed by atoms with E-state index in [1.807, 2.05) is 0 Å². The molecule has 0 aromatic rings. The topological polar surface area (TPSA) is 23.5 Å². The number of rotatable bonds is 4. The van der Waals surface area contributed by atoms with Crippen LogP contribution in [0.5, 0.6) is 0 Å². The molecular weight excluding hydrogens is 234 g/mol. The molecule has 0 amide bonds. The molecule has 19 heavy (non-hydrogen) atoms. The van der Waals surface area contributed by atoms with Crippen LogP contribution in [0.2, 0.25) is 0 Å². The van der Waals surface area contributed by atoms with Gasteiger partial charge in [0.1, 0.15) is 0 Å². The lowest BCUT2D eigenvalue weighted by molar-refractivity contribution is 0.0739. The molecule has 1 aliphatic heterocycles. The molecule has 0 spiro atoms. The predicted octanol–water partition coefficient (Wildman–Crippen LogP) is 3.83. The van der Waals surface area contributed by atoms with Crippen molar-refractivity contribution < 1.29 is 5.11 Å². The van der Waals surface area contributed by atoms with Gasteiger partial charge in [0.15, 0.2) is 0 Å². The lowest BCUT2D eigenvalue weighted by Crippen LogP contribution is -2.35. The van der Waals surface area contributed by atoms with E-state index in [2.05, 4.69) is 11.8 Å². The molecular formula is C17H33NO. The van der Waals surface area contributed by atoms with E-state index >= 15 is 0 Å². The van der Waals surface area contributed by atoms with E-state index in [0.29, 0.717) is 5.92 Å². The highest BCUT2D eigenvalue weighted by molar-refractivity contribution is 4.78. The van der Waals surface area contributed by atoms with Gasteiger partial charge in [0.2, 0.25) is 0 Å². The molecule has 1 saturated heterocycles. The third kappa shape index (κ3) is 5.07. The quantitative estimate of drug-likeness (QED) is 0.783. The second-order valence-corrected chi connectivity index (χ2v) is 6.85. The second-order valence-electron chi connectivity index (χ2n) is 6.85. The Kier molecular flexibility index (Phi) is 6.66. The Morgan fingerprint density at radius 1 is 0.947 bits per heavy atom. The van der Waals surface area contributed by atoms with E-state index in [0.717, 1.165) is 18.9 Å². The number of likely N-dealkylation sites (tertiary alicyclic amines) is 1. The third-order valence-corrected chi connectivity index (χ3v) is 5.25. The van der Waals surface area contributed by atoms with Gasteiger partial charge in [0, 0.05) is 6.54 Å². The van der Waals surface area contributed by atoms with Crippen molar-refractivity contribution in [2.24, 2.45) is 11.8 Å². The first-order chi connectivity index (χ1) is 9.29. The van der Waals surface area contributed by atoms with Gasteiger partial charge < -0.3 is 10.0 Å². The minimum absolute atomic E-state index is 0.0304. The standard InChI is InChI=1S/C17H33NO/c1-2-7-15-8-6-12-18(13-11-15)14-16-9-4-3-5-10-17(16)19/h15-17,19H,2-14H2,1H3. The Morgan fingerprint density at radius 3 is 2.63 bits per heavy atom. The van der Waals surface area contributed by atoms with Gasteiger partial charge in [-0.25, -0.2) is 0 Å². The van der Waals surface area contributed by atoms with E-state index in [4.69, 9.17) is 0 Å². The van der Waals surface area contributed by atoms with Crippen LogP contribution < -0.4 is 0 Å². The summed E-state index contributed by atoms with van der Waals surface area (Å²) in [4.78, 5) is 2.65. The first-order valence-electron chi connectivity index (χ1n) is 8.70. The normalized spacial score (nSPS) is 34.7. The molecule has 3 unspecified atom stereocenters. The summed E-state index contributed by atoms with van der Waals surface area (Å²) < 4.78 is 0. The van der Waals surface area contributed by atoms with Crippen LogP contribution in [0.15, 0.2) is 0 Å². The summed E-state index contributed by atoms with van der Waals surface area (Å²) in [6.45, 7) is 6.00. The molecule has 0 radical (unpaired) electrons. The molecule has 1 heterocycles. The molecule has 2 fully saturated rings. The fourth-order valence-electron chi connectivity index (χ4n) is 4.01. The van der Waals surface area contributed by atoms with Crippen LogP contribution in [0.3, 0.4) is 0 Å². The highest BCUT2D eigenvalue weighted by Crippen LogP contribution is 2.27. The zero-order valence-corrected chi connectivity index (χ0v) is 12.8. The van der Waals surface area contributed by atoms with Crippen molar-refractivity contribution in [3.05, 3.63) is 0 Å². The number of hydrogen-bond donors (Lipinski definition) is 1. The maximum absolute atomic E-state index is 10.3. The van der Waals surface area contributed by atoms with E-state index in [-0.39, 0.29) is 6.10 Å². The van der Waals surface area contributed by atoms with Gasteiger partial charge in [-0.15, -0.1) is 0 Å². The van der Waals surface area contributed by atoms with Crippen molar-refractivity contribution >= 4 is 0 Å². The summed E-state index contributed by atoms with van der Waals surface area (Å²) >= 11 is 0. The van der Waals surface area contributed by atoms with Crippen molar-refractivity contribution in [3.8, 4) is 0 Å². The number of nitrogens with zero attached hydrogens (tertiary/aromatic N) is 1. The Labute approximate surface area is 119 Å². The van der Waals surface area contributed by atoms with Crippen molar-refractivity contribution in [1.29, 1.82) is 0 Å². The number of hydrogen-bond acceptors (Lipinski definition) is 2. The van der Waals surface area contributed by atoms with E-state index in [1.165, 1.54) is 70.9 Å². The molecule has 0 aromatic heterocycles. The lowest BCUT2D eigenvalue weighted by atomic mass is 9.95. The Balaban J connectivity index is 1.78. The third-order valence-electron chi connectivity index (χ3n) is 5.25. The largest absolute Gasteiger partial charge is 0.393 e. The summed E-state index contributed by atoms with van der Waals surface area (Å²) in [5.74, 6) is 1.51. The monoisotopic (exact) mass is 267 g/mol. The molecule has 0 bridgehead atoms. The number of aliphatic hydroxyl groups is 1. The summed E-state index contributed by atoms with van der Waals surface area (Å²) in [6.07, 6.45) is 13.1. The molecule has 1 aliphatic carbocycles. The van der Waals surface area contributed by atoms with Crippen LogP contribution in [0.25, 0.3) is 0 Å². The maximum Gasteiger partial charge on any atom is 0.0580 e. The van der Waals surface area contributed by atoms with Gasteiger partial charge >= 0.3 is 0 Å². The fraction of sp³-hybridized carbons (Fsp3) is 1.00. The van der Waals surface area contributed by atoms with Crippen molar-refractivity contribution in [3.63, 3.8) is 0 Å². The van der Waals surface area contributed by atoms with E-state index in [9.17, 15) is 5.11 Å². The molecule has 2 nitrogen and oxygen atoms in total. The Morgan fingerprint density at radius 2 is 1.79 bits per heavy atom. The van der Waals surface area contributed by atoms with Crippen molar-refractivity contribution in [1.82, 2.24) is 4.90 Å². The first-order valence-corrected chi connectivity index (χ1v) is 8.70. The summed E-state index contributed by atoms with van der Waals surface area (Å²) in [6, 6.07) is 0. The SMILES string of the molecule is CCCC1CCCN(CC2CCCCCC2O)CC1. The van der Waals surface area contributed by atoms with Crippen LogP contribution in [0.4, 0.5) is 0 Å². The predicted molar refractivity (Wildman–Crippen MR) is 81.3 cm³/mol. The molecule has 1 N–H and O–H groups in total. The fourth-order valence-corrected chi connectivity index (χ4v) is 4.01. The Bertz CT molecular complexity index is 243. The molecule has 0 aromatic carbocycles. The highest BCUT2D eigenvalue weighted by atomic mass is 16.3. The van der Waals surface area contributed by atoms with Crippen molar-refractivity contribution in [2.45, 2.75) is 77.2 Å². The van der Waals surface area contributed by atoms with E-state index < -0.39 is 0 Å². The van der Waals surface area contributed by atoms with Gasteiger partial charge in [-0.1, -0.05) is 39.0 Å². The average molecular weight is 267 g/mol. The van der Waals surface area contributed by atoms with Crippen molar-refractivity contribution in [2.75, 3.05) is 19.6 Å². The molecule has 2 aliphatic rings. The maximum atomic E-state index is 10.3. The Hall–Kier alpha value is -0.0800. The minimum Gasteiger partial charge on any atom is -0.393 e. The van der Waals surface area contributed by atoms with Gasteiger partial charge in [0.25, 0.3) is 0 Å². The van der Waals surface area contributed by atoms with Gasteiger partial charge in [-0.05, 0) is 57.0 Å². The zero-order chi connectivity index (χ0) is 13.5. The van der Waals surface area contributed by atoms with Crippen LogP contribution in [-0.2, 0) is 0 Å². The summed E-state index contributed by atoms with van der Waals surface area (Å²) in [5.41, 5.74) is 0. The van der Waals surface area contributed by atoms with Gasteiger partial charge in [-0.2, -0.15) is 0 Å². The second kappa shape index (κ2) is 8.26. The van der Waals surface area contributed by atoms with Gasteiger partial charge in [0.05, 0.1) is 6.10 Å². The minimum atomic E-state index is -0.0304. The molecule has 112 valence electrons. The first kappa shape index (κ1) is 15.3. The van der Waals surface area contributed by atoms with Crippen LogP contribution in [-0.4, -0.2) is 35.7 Å². The van der Waals surface area contributed by atoms with Gasteiger partial charge in [-0.3, -0.25) is 0 Å². The summed E-state index contributed by atoms with van der Waals surface area (Å²) in [5, 5.41) is 10.3. The highest BCUT2D eigenvalue weighted by Gasteiger charge is 2.25. The lowest BCUT2D eigenvalue weighted by Gasteiger charge is -2.28. The molecule has 3 atom stereocenters. The average Bonchev–Trinajstić information content (AvgIpc) is 2.73. The van der Waals surface area contributed by atoms with Crippen LogP contribution in [0.1, 0.15) is 71.1 Å². The molecule has 2 heteroatoms. The zero-order valence-electron chi connectivity index (χ0n) is 12.8. The molecule has 2 rings (SSSR count). The van der Waals surface area contributed by atoms with E-state index in [1.54, 1.807) is 0 Å². The summed E-state index contributed by atoms with van der Waals surface area (Å²) in [7, 11) is 0.